The summed E-state index contributed by atoms with van der Waals surface area (Å²) in [5.74, 6) is 0.286. The van der Waals surface area contributed by atoms with Crippen molar-refractivity contribution in [3.63, 3.8) is 0 Å². The van der Waals surface area contributed by atoms with Gasteiger partial charge in [-0.3, -0.25) is 9.78 Å². The maximum absolute atomic E-state index is 14.6. The van der Waals surface area contributed by atoms with E-state index in [0.717, 1.165) is 68.3 Å². The minimum absolute atomic E-state index is 0. The topological polar surface area (TPSA) is 76.0 Å². The molecule has 0 aliphatic carbocycles. The Morgan fingerprint density at radius 2 is 1.45 bits per heavy atom. The van der Waals surface area contributed by atoms with E-state index < -0.39 is 29.8 Å². The Bertz CT molecular complexity index is 2180. The molecule has 0 unspecified atom stereocenters. The fraction of sp³-hybridized carbons (Fsp3) is 0.476. The zero-order valence-electron chi connectivity index (χ0n) is 32.8. The van der Waals surface area contributed by atoms with Crippen molar-refractivity contribution >= 4 is 49.0 Å². The van der Waals surface area contributed by atoms with Gasteiger partial charge in [-0.25, -0.2) is 9.97 Å². The number of benzene rings is 3. The van der Waals surface area contributed by atoms with E-state index in [4.69, 9.17) is 0 Å². The van der Waals surface area contributed by atoms with Crippen LogP contribution < -0.4 is 0 Å². The maximum Gasteiger partial charge on any atom is 0.419 e. The molecule has 0 spiro atoms. The van der Waals surface area contributed by atoms with Crippen LogP contribution in [0.4, 0.5) is 26.3 Å². The molecule has 301 valence electrons. The van der Waals surface area contributed by atoms with Gasteiger partial charge in [-0.15, -0.1) is 46.2 Å². The van der Waals surface area contributed by atoms with Gasteiger partial charge in [0.05, 0.1) is 31.7 Å². The first kappa shape index (κ1) is 46.0. The van der Waals surface area contributed by atoms with Gasteiger partial charge in [0.25, 0.3) is 0 Å². The van der Waals surface area contributed by atoms with Gasteiger partial charge in [0, 0.05) is 48.8 Å². The quantitative estimate of drug-likeness (QED) is 0.0496. The number of aliphatic hydroxyl groups is 1. The average Bonchev–Trinajstić information content (AvgIpc) is 3.50. The second-order valence-corrected chi connectivity index (χ2v) is 16.3. The predicted octanol–water partition coefficient (Wildman–Crippen LogP) is 13.3. The first-order valence-electron chi connectivity index (χ1n) is 18.1. The summed E-state index contributed by atoms with van der Waals surface area (Å²) in [6, 6.07) is 11.6. The smallest absolute Gasteiger partial charge is 0.419 e. The minimum atomic E-state index is -4.81. The normalized spacial score (nSPS) is 13.2. The van der Waals surface area contributed by atoms with Crippen molar-refractivity contribution in [3.05, 3.63) is 76.3 Å². The van der Waals surface area contributed by atoms with Crippen LogP contribution >= 0.6 is 11.3 Å². The third-order valence-corrected chi connectivity index (χ3v) is 12.0. The van der Waals surface area contributed by atoms with Crippen molar-refractivity contribution in [1.29, 1.82) is 0 Å². The SMILES string of the molecule is CCC(C)(CC)C(=O)/C=C(\O)C(C)(CC)CC.Cc1[c-]c(-c2ncnc3c(C(F)(F)F)c4c(ccc5sc(CC(C)(C)C(F)(F)F)nc54)cc23)cc(C)c1.[Ir]. The Morgan fingerprint density at radius 1 is 0.855 bits per heavy atom. The molecule has 55 heavy (non-hydrogen) atoms. The van der Waals surface area contributed by atoms with Gasteiger partial charge in [-0.2, -0.15) is 26.3 Å². The Hall–Kier alpha value is -3.41. The summed E-state index contributed by atoms with van der Waals surface area (Å²) < 4.78 is 84.7. The average molecular weight is 965 g/mol. The number of aromatic nitrogens is 3. The third-order valence-electron chi connectivity index (χ3n) is 11.0. The van der Waals surface area contributed by atoms with E-state index in [-0.39, 0.29) is 74.7 Å². The van der Waals surface area contributed by atoms with Crippen LogP contribution in [0.5, 0.6) is 0 Å². The van der Waals surface area contributed by atoms with Crippen LogP contribution in [0, 0.1) is 36.2 Å². The van der Waals surface area contributed by atoms with Gasteiger partial charge >= 0.3 is 12.4 Å². The number of aryl methyl sites for hydroxylation is 2. The van der Waals surface area contributed by atoms with Gasteiger partial charge in [0.15, 0.2) is 5.78 Å². The second-order valence-electron chi connectivity index (χ2n) is 15.2. The Kier molecular flexibility index (Phi) is 14.2. The summed E-state index contributed by atoms with van der Waals surface area (Å²) in [7, 11) is 0. The third kappa shape index (κ3) is 9.59. The number of nitrogens with zero attached hydrogens (tertiary/aromatic N) is 3. The molecule has 0 fully saturated rings. The Labute approximate surface area is 336 Å². The van der Waals surface area contributed by atoms with E-state index in [2.05, 4.69) is 21.0 Å². The van der Waals surface area contributed by atoms with Gasteiger partial charge in [0.2, 0.25) is 0 Å². The van der Waals surface area contributed by atoms with Crippen LogP contribution in [0.3, 0.4) is 0 Å². The molecule has 5 aromatic rings. The summed E-state index contributed by atoms with van der Waals surface area (Å²) >= 11 is 0.967. The number of carbonyl (C=O) groups excluding carboxylic acids is 1. The number of rotatable bonds is 10. The van der Waals surface area contributed by atoms with Crippen LogP contribution in [0.1, 0.15) is 103 Å². The molecule has 13 heteroatoms. The van der Waals surface area contributed by atoms with E-state index >= 15 is 0 Å². The number of thiazole rings is 1. The predicted molar refractivity (Wildman–Crippen MR) is 206 cm³/mol. The molecule has 0 atom stereocenters. The van der Waals surface area contributed by atoms with Crippen molar-refractivity contribution in [1.82, 2.24) is 15.0 Å². The zero-order valence-corrected chi connectivity index (χ0v) is 36.0. The van der Waals surface area contributed by atoms with Crippen LogP contribution in [0.25, 0.3) is 43.1 Å². The molecule has 2 heterocycles. The van der Waals surface area contributed by atoms with E-state index in [1.165, 1.54) is 12.1 Å². The standard InChI is InChI=1S/C27H20F6N3S.C15H28O2.Ir/c1-13-7-14(2)9-16(8-13)22-17-10-15-5-6-18-24(36-19(37-18)11-25(3,4)27(31,32)33)20(15)21(26(28,29)30)23(17)35-12-34-22;1-7-14(5,8-2)12(16)11-13(17)15(6,9-3)10-4;/h5-8,10,12H,11H2,1-4H3;11,16H,7-10H2,1-6H3;/q-1;;/b;12-11-;. The van der Waals surface area contributed by atoms with E-state index in [0.29, 0.717) is 16.0 Å². The first-order valence-corrected chi connectivity index (χ1v) is 18.9. The van der Waals surface area contributed by atoms with Gasteiger partial charge in [0.1, 0.15) is 12.1 Å². The minimum Gasteiger partial charge on any atom is -0.512 e. The van der Waals surface area contributed by atoms with Crippen LogP contribution in [-0.4, -0.2) is 32.0 Å². The van der Waals surface area contributed by atoms with Crippen molar-refractivity contribution < 1.29 is 56.3 Å². The number of allylic oxidation sites excluding steroid dienone is 2. The van der Waals surface area contributed by atoms with Crippen molar-refractivity contribution in [2.45, 2.75) is 114 Å². The maximum atomic E-state index is 14.6. The summed E-state index contributed by atoms with van der Waals surface area (Å²) in [5, 5.41) is 10.5. The van der Waals surface area contributed by atoms with E-state index in [1.54, 1.807) is 18.2 Å². The van der Waals surface area contributed by atoms with Gasteiger partial charge in [-0.05, 0) is 48.2 Å². The molecule has 0 amide bonds. The summed E-state index contributed by atoms with van der Waals surface area (Å²) in [6.45, 7) is 17.9. The van der Waals surface area contributed by atoms with Crippen LogP contribution in [0.15, 0.2) is 48.5 Å². The number of aliphatic hydroxyl groups excluding tert-OH is 1. The second kappa shape index (κ2) is 17.0. The molecule has 0 saturated heterocycles. The molecular weight excluding hydrogens is 917 g/mol. The number of fused-ring (bicyclic) bond motifs is 4. The fourth-order valence-electron chi connectivity index (χ4n) is 6.19. The molecule has 0 aliphatic heterocycles. The molecule has 3 aromatic carbocycles. The Balaban J connectivity index is 0.000000385. The number of ketones is 1. The summed E-state index contributed by atoms with van der Waals surface area (Å²) in [4.78, 5) is 24.8. The number of carbonyl (C=O) groups is 1. The zero-order chi connectivity index (χ0) is 40.6. The molecule has 2 aromatic heterocycles. The molecule has 5 nitrogen and oxygen atoms in total. The first-order chi connectivity index (χ1) is 24.9. The molecule has 1 N–H and O–H groups in total. The van der Waals surface area contributed by atoms with Crippen molar-refractivity contribution in [2.75, 3.05) is 0 Å². The van der Waals surface area contributed by atoms with Crippen molar-refractivity contribution in [3.8, 4) is 11.3 Å². The fourth-order valence-corrected chi connectivity index (χ4v) is 7.40. The van der Waals surface area contributed by atoms with Crippen molar-refractivity contribution in [2.24, 2.45) is 16.2 Å². The van der Waals surface area contributed by atoms with Crippen LogP contribution in [0.2, 0.25) is 0 Å². The molecule has 1 radical (unpaired) electrons. The monoisotopic (exact) mass is 965 g/mol. The molecule has 0 bridgehead atoms. The van der Waals surface area contributed by atoms with E-state index in [1.807, 2.05) is 61.5 Å². The molecule has 5 rings (SSSR count). The number of hydrogen-bond acceptors (Lipinski definition) is 6. The number of halogens is 6. The number of hydrogen-bond donors (Lipinski definition) is 1. The van der Waals surface area contributed by atoms with Gasteiger partial charge < -0.3 is 5.11 Å². The Morgan fingerprint density at radius 3 is 1.98 bits per heavy atom. The number of alkyl halides is 6. The molecule has 0 aliphatic rings. The van der Waals surface area contributed by atoms with Gasteiger partial charge in [-0.1, -0.05) is 81.4 Å². The van der Waals surface area contributed by atoms with Crippen LogP contribution in [-0.2, 0) is 37.5 Å². The summed E-state index contributed by atoms with van der Waals surface area (Å²) in [6.07, 6.45) is -3.90. The van der Waals surface area contributed by atoms with E-state index in [9.17, 15) is 36.2 Å². The molecular formula is C42H48F6IrN3O2S-. The summed E-state index contributed by atoms with van der Waals surface area (Å²) in [5.41, 5.74) is -1.36. The molecule has 0 saturated carbocycles. The largest absolute Gasteiger partial charge is 0.512 e.